The summed E-state index contributed by atoms with van der Waals surface area (Å²) in [6.07, 6.45) is 1.75. The summed E-state index contributed by atoms with van der Waals surface area (Å²) >= 11 is 0. The number of ketones is 1. The molecule has 1 aromatic rings. The summed E-state index contributed by atoms with van der Waals surface area (Å²) in [6.45, 7) is 3.94. The molecule has 0 atom stereocenters. The lowest BCUT2D eigenvalue weighted by Gasteiger charge is -2.11. The number of carbonyl (C=O) groups is 1. The van der Waals surface area contributed by atoms with E-state index in [0.717, 1.165) is 18.6 Å². The van der Waals surface area contributed by atoms with Gasteiger partial charge in [0, 0.05) is 5.56 Å². The van der Waals surface area contributed by atoms with Crippen LogP contribution in [-0.4, -0.2) is 17.4 Å². The van der Waals surface area contributed by atoms with Gasteiger partial charge in [0.1, 0.15) is 5.75 Å². The number of rotatable bonds is 4. The molecule has 1 aliphatic carbocycles. The molecule has 2 rings (SSSR count). The van der Waals surface area contributed by atoms with Gasteiger partial charge in [0.25, 0.3) is 0 Å². The normalized spacial score (nSPS) is 17.2. The van der Waals surface area contributed by atoms with Gasteiger partial charge in [0.15, 0.2) is 5.78 Å². The maximum Gasteiger partial charge on any atom is 0.182 e. The molecule has 0 saturated heterocycles. The predicted octanol–water partition coefficient (Wildman–Crippen LogP) is 2.15. The highest BCUT2D eigenvalue weighted by Crippen LogP contribution is 2.35. The Kier molecular flexibility index (Phi) is 2.72. The lowest BCUT2D eigenvalue weighted by molar-refractivity contribution is 0.0949. The molecule has 1 aromatic carbocycles. The first kappa shape index (κ1) is 11.1. The van der Waals surface area contributed by atoms with E-state index in [9.17, 15) is 4.79 Å². The van der Waals surface area contributed by atoms with Crippen molar-refractivity contribution in [2.75, 3.05) is 0 Å². The van der Waals surface area contributed by atoms with Crippen molar-refractivity contribution < 1.29 is 9.53 Å². The van der Waals surface area contributed by atoms with Crippen LogP contribution in [0.5, 0.6) is 5.75 Å². The minimum absolute atomic E-state index is 0.0450. The Balaban J connectivity index is 2.10. The first-order valence-corrected chi connectivity index (χ1v) is 5.62. The molecule has 3 nitrogen and oxygen atoms in total. The summed E-state index contributed by atoms with van der Waals surface area (Å²) < 4.78 is 5.51. The van der Waals surface area contributed by atoms with Gasteiger partial charge in [-0.25, -0.2) is 0 Å². The van der Waals surface area contributed by atoms with Gasteiger partial charge < -0.3 is 10.5 Å². The SMILES string of the molecule is CC(C)Oc1ccc(C(=O)C2(N)CC2)cc1. The van der Waals surface area contributed by atoms with Crippen molar-refractivity contribution in [3.63, 3.8) is 0 Å². The molecule has 0 heterocycles. The Morgan fingerprint density at radius 1 is 1.31 bits per heavy atom. The van der Waals surface area contributed by atoms with Crippen LogP contribution < -0.4 is 10.5 Å². The second kappa shape index (κ2) is 3.91. The molecule has 0 aromatic heterocycles. The summed E-state index contributed by atoms with van der Waals surface area (Å²) in [5.41, 5.74) is 5.95. The molecule has 0 radical (unpaired) electrons. The third-order valence-corrected chi connectivity index (χ3v) is 2.73. The molecule has 0 bridgehead atoms. The molecular formula is C13H17NO2. The Morgan fingerprint density at radius 3 is 2.31 bits per heavy atom. The molecule has 0 unspecified atom stereocenters. The third kappa shape index (κ3) is 2.25. The molecular weight excluding hydrogens is 202 g/mol. The van der Waals surface area contributed by atoms with Gasteiger partial charge in [0.2, 0.25) is 0 Å². The standard InChI is InChI=1S/C13H17NO2/c1-9(2)16-11-5-3-10(4-6-11)12(15)13(14)7-8-13/h3-6,9H,7-8,14H2,1-2H3. The smallest absolute Gasteiger partial charge is 0.182 e. The van der Waals surface area contributed by atoms with Crippen LogP contribution in [0.25, 0.3) is 0 Å². The molecule has 0 aliphatic heterocycles. The van der Waals surface area contributed by atoms with Crippen molar-refractivity contribution in [1.29, 1.82) is 0 Å². The lowest BCUT2D eigenvalue weighted by atomic mass is 10.0. The van der Waals surface area contributed by atoms with Gasteiger partial charge in [-0.05, 0) is 51.0 Å². The Morgan fingerprint density at radius 2 is 1.88 bits per heavy atom. The number of hydrogen-bond donors (Lipinski definition) is 1. The summed E-state index contributed by atoms with van der Waals surface area (Å²) in [6, 6.07) is 7.21. The number of benzene rings is 1. The molecule has 16 heavy (non-hydrogen) atoms. The van der Waals surface area contributed by atoms with E-state index in [1.165, 1.54) is 0 Å². The van der Waals surface area contributed by atoms with Crippen LogP contribution in [0.15, 0.2) is 24.3 Å². The van der Waals surface area contributed by atoms with Crippen molar-refractivity contribution >= 4 is 5.78 Å². The zero-order valence-corrected chi connectivity index (χ0v) is 9.69. The van der Waals surface area contributed by atoms with Gasteiger partial charge in [-0.2, -0.15) is 0 Å². The van der Waals surface area contributed by atoms with Crippen LogP contribution in [-0.2, 0) is 0 Å². The predicted molar refractivity (Wildman–Crippen MR) is 62.7 cm³/mol. The van der Waals surface area contributed by atoms with Gasteiger partial charge in [0.05, 0.1) is 11.6 Å². The number of carbonyl (C=O) groups excluding carboxylic acids is 1. The fourth-order valence-corrected chi connectivity index (χ4v) is 1.61. The van der Waals surface area contributed by atoms with Crippen LogP contribution in [0.1, 0.15) is 37.0 Å². The summed E-state index contributed by atoms with van der Waals surface area (Å²) in [4.78, 5) is 11.9. The maximum absolute atomic E-state index is 11.9. The highest BCUT2D eigenvalue weighted by Gasteiger charge is 2.45. The molecule has 0 amide bonds. The van der Waals surface area contributed by atoms with E-state index in [1.54, 1.807) is 12.1 Å². The first-order valence-electron chi connectivity index (χ1n) is 5.62. The average Bonchev–Trinajstić information content (AvgIpc) is 2.97. The fourth-order valence-electron chi connectivity index (χ4n) is 1.61. The van der Waals surface area contributed by atoms with Crippen LogP contribution in [0.4, 0.5) is 0 Å². The number of ether oxygens (including phenoxy) is 1. The Labute approximate surface area is 95.6 Å². The lowest BCUT2D eigenvalue weighted by Crippen LogP contribution is -2.32. The van der Waals surface area contributed by atoms with Gasteiger partial charge >= 0.3 is 0 Å². The first-order chi connectivity index (χ1) is 7.51. The van der Waals surface area contributed by atoms with Crippen molar-refractivity contribution in [2.45, 2.75) is 38.3 Å². The van der Waals surface area contributed by atoms with Crippen molar-refractivity contribution in [3.05, 3.63) is 29.8 Å². The second-order valence-corrected chi connectivity index (χ2v) is 4.68. The third-order valence-electron chi connectivity index (χ3n) is 2.73. The van der Waals surface area contributed by atoms with E-state index in [1.807, 2.05) is 26.0 Å². The number of hydrogen-bond acceptors (Lipinski definition) is 3. The quantitative estimate of drug-likeness (QED) is 0.789. The highest BCUT2D eigenvalue weighted by atomic mass is 16.5. The van der Waals surface area contributed by atoms with Crippen LogP contribution in [0.3, 0.4) is 0 Å². The van der Waals surface area contributed by atoms with Crippen LogP contribution >= 0.6 is 0 Å². The zero-order chi connectivity index (χ0) is 11.8. The number of Topliss-reactive ketones (excluding diaryl/α,β-unsaturated/α-hetero) is 1. The van der Waals surface area contributed by atoms with Crippen molar-refractivity contribution in [2.24, 2.45) is 5.73 Å². The van der Waals surface area contributed by atoms with E-state index in [4.69, 9.17) is 10.5 Å². The van der Waals surface area contributed by atoms with E-state index < -0.39 is 5.54 Å². The van der Waals surface area contributed by atoms with Crippen LogP contribution in [0.2, 0.25) is 0 Å². The summed E-state index contributed by atoms with van der Waals surface area (Å²) in [5, 5.41) is 0. The highest BCUT2D eigenvalue weighted by molar-refractivity contribution is 6.05. The largest absolute Gasteiger partial charge is 0.491 e. The van der Waals surface area contributed by atoms with E-state index >= 15 is 0 Å². The van der Waals surface area contributed by atoms with E-state index in [-0.39, 0.29) is 11.9 Å². The van der Waals surface area contributed by atoms with E-state index in [0.29, 0.717) is 5.56 Å². The topological polar surface area (TPSA) is 52.3 Å². The molecule has 86 valence electrons. The van der Waals surface area contributed by atoms with Gasteiger partial charge in [-0.1, -0.05) is 0 Å². The molecule has 1 aliphatic rings. The Bertz CT molecular complexity index is 391. The maximum atomic E-state index is 11.9. The average molecular weight is 219 g/mol. The van der Waals surface area contributed by atoms with Crippen molar-refractivity contribution in [3.8, 4) is 5.75 Å². The number of nitrogens with two attached hydrogens (primary N) is 1. The van der Waals surface area contributed by atoms with Gasteiger partial charge in [-0.15, -0.1) is 0 Å². The minimum Gasteiger partial charge on any atom is -0.491 e. The molecule has 0 spiro atoms. The zero-order valence-electron chi connectivity index (χ0n) is 9.69. The summed E-state index contributed by atoms with van der Waals surface area (Å²) in [7, 11) is 0. The Hall–Kier alpha value is -1.35. The van der Waals surface area contributed by atoms with Crippen molar-refractivity contribution in [1.82, 2.24) is 0 Å². The second-order valence-electron chi connectivity index (χ2n) is 4.68. The summed E-state index contributed by atoms with van der Waals surface area (Å²) in [5.74, 6) is 0.831. The van der Waals surface area contributed by atoms with E-state index in [2.05, 4.69) is 0 Å². The molecule has 3 heteroatoms. The monoisotopic (exact) mass is 219 g/mol. The fraction of sp³-hybridized carbons (Fsp3) is 0.462. The minimum atomic E-state index is -0.583. The van der Waals surface area contributed by atoms with Crippen LogP contribution in [0, 0.1) is 0 Å². The molecule has 2 N–H and O–H groups in total. The van der Waals surface area contributed by atoms with Gasteiger partial charge in [-0.3, -0.25) is 4.79 Å². The molecule has 1 saturated carbocycles. The molecule has 1 fully saturated rings.